The Kier molecular flexibility index (Phi) is 4.75. The molecule has 0 amide bonds. The lowest BCUT2D eigenvalue weighted by atomic mass is 9.83. The molecule has 1 saturated carbocycles. The Morgan fingerprint density at radius 2 is 1.86 bits per heavy atom. The van der Waals surface area contributed by atoms with Crippen LogP contribution in [-0.2, 0) is 0 Å². The minimum absolute atomic E-state index is 0.0162. The van der Waals surface area contributed by atoms with Crippen LogP contribution in [0.5, 0.6) is 0 Å². The second-order valence-corrected chi connectivity index (χ2v) is 4.32. The molecule has 0 saturated heterocycles. The highest BCUT2D eigenvalue weighted by Gasteiger charge is 2.29. The molecule has 0 aromatic rings. The third kappa shape index (κ3) is 3.88. The molecule has 0 spiro atoms. The summed E-state index contributed by atoms with van der Waals surface area (Å²) in [5, 5.41) is 2.97. The lowest BCUT2D eigenvalue weighted by Gasteiger charge is -2.29. The van der Waals surface area contributed by atoms with Gasteiger partial charge in [0.25, 0.3) is 0 Å². The summed E-state index contributed by atoms with van der Waals surface area (Å²) in [6, 6.07) is 0.0162. The van der Waals surface area contributed by atoms with Gasteiger partial charge in [-0.25, -0.2) is 8.78 Å². The molecule has 1 rings (SSSR count). The van der Waals surface area contributed by atoms with Crippen molar-refractivity contribution in [3.05, 3.63) is 0 Å². The molecule has 4 heteroatoms. The number of hydrogen-bond donors (Lipinski definition) is 2. The van der Waals surface area contributed by atoms with E-state index >= 15 is 0 Å². The fourth-order valence-corrected chi connectivity index (χ4v) is 2.26. The van der Waals surface area contributed by atoms with Gasteiger partial charge in [-0.3, -0.25) is 0 Å². The van der Waals surface area contributed by atoms with Gasteiger partial charge in [0.2, 0.25) is 0 Å². The van der Waals surface area contributed by atoms with Crippen LogP contribution in [0.4, 0.5) is 8.78 Å². The van der Waals surface area contributed by atoms with E-state index in [2.05, 4.69) is 5.32 Å². The smallest absolute Gasteiger partial charge is 0.103 e. The maximum Gasteiger partial charge on any atom is 0.103 e. The molecule has 0 aromatic carbocycles. The molecule has 1 aliphatic rings. The highest BCUT2D eigenvalue weighted by molar-refractivity contribution is 4.81. The Bertz CT molecular complexity index is 156. The fourth-order valence-electron chi connectivity index (χ4n) is 2.26. The summed E-state index contributed by atoms with van der Waals surface area (Å²) in [5.74, 6) is 0.122. The average molecular weight is 206 g/mol. The number of rotatable bonds is 4. The molecule has 84 valence electrons. The van der Waals surface area contributed by atoms with Crippen molar-refractivity contribution in [1.29, 1.82) is 0 Å². The zero-order chi connectivity index (χ0) is 10.6. The van der Waals surface area contributed by atoms with Gasteiger partial charge in [-0.15, -0.1) is 0 Å². The van der Waals surface area contributed by atoms with E-state index in [1.165, 1.54) is 0 Å². The van der Waals surface area contributed by atoms with Crippen LogP contribution in [-0.4, -0.2) is 32.0 Å². The number of hydrogen-bond acceptors (Lipinski definition) is 2. The van der Waals surface area contributed by atoms with Crippen molar-refractivity contribution in [1.82, 2.24) is 5.32 Å². The third-order valence-corrected chi connectivity index (χ3v) is 2.79. The van der Waals surface area contributed by atoms with Crippen molar-refractivity contribution in [3.8, 4) is 0 Å². The highest BCUT2D eigenvalue weighted by atomic mass is 19.1. The third-order valence-electron chi connectivity index (χ3n) is 2.79. The van der Waals surface area contributed by atoms with E-state index in [1.807, 2.05) is 7.05 Å². The number of halogens is 2. The monoisotopic (exact) mass is 206 g/mol. The maximum absolute atomic E-state index is 13.0. The predicted octanol–water partition coefficient (Wildman–Crippen LogP) is 1.40. The number of likely N-dealkylation sites (N-methyl/N-ethyl adjacent to an activating group) is 1. The Balaban J connectivity index is 2.29. The first kappa shape index (κ1) is 11.9. The van der Waals surface area contributed by atoms with Gasteiger partial charge in [-0.05, 0) is 32.2 Å². The van der Waals surface area contributed by atoms with Crippen molar-refractivity contribution >= 4 is 0 Å². The average Bonchev–Trinajstić information content (AvgIpc) is 2.01. The normalized spacial score (nSPS) is 35.6. The second-order valence-electron chi connectivity index (χ2n) is 4.32. The van der Waals surface area contributed by atoms with Crippen molar-refractivity contribution in [2.45, 2.75) is 44.1 Å². The van der Waals surface area contributed by atoms with Gasteiger partial charge >= 0.3 is 0 Å². The van der Waals surface area contributed by atoms with Crippen LogP contribution < -0.4 is 11.1 Å². The summed E-state index contributed by atoms with van der Waals surface area (Å²) in [4.78, 5) is 0. The SMILES string of the molecule is CNCC(N)CC1CC(F)CC(F)C1. The van der Waals surface area contributed by atoms with E-state index in [9.17, 15) is 8.78 Å². The van der Waals surface area contributed by atoms with E-state index < -0.39 is 12.3 Å². The Morgan fingerprint density at radius 1 is 1.29 bits per heavy atom. The molecular formula is C10H20F2N2. The summed E-state index contributed by atoms with van der Waals surface area (Å²) in [6.45, 7) is 0.713. The van der Waals surface area contributed by atoms with Crippen LogP contribution >= 0.6 is 0 Å². The fraction of sp³-hybridized carbons (Fsp3) is 1.00. The molecule has 0 heterocycles. The van der Waals surface area contributed by atoms with E-state index in [1.54, 1.807) is 0 Å². The second kappa shape index (κ2) is 5.61. The zero-order valence-corrected chi connectivity index (χ0v) is 8.68. The maximum atomic E-state index is 13.0. The van der Waals surface area contributed by atoms with Crippen LogP contribution in [0.2, 0.25) is 0 Å². The van der Waals surface area contributed by atoms with Gasteiger partial charge in [-0.2, -0.15) is 0 Å². The van der Waals surface area contributed by atoms with Crippen LogP contribution in [0.1, 0.15) is 25.7 Å². The van der Waals surface area contributed by atoms with Crippen molar-refractivity contribution in [3.63, 3.8) is 0 Å². The molecule has 14 heavy (non-hydrogen) atoms. The Hall–Kier alpha value is -0.220. The summed E-state index contributed by atoms with van der Waals surface area (Å²) in [6.07, 6.45) is -0.161. The van der Waals surface area contributed by atoms with Crippen LogP contribution in [0.15, 0.2) is 0 Å². The van der Waals surface area contributed by atoms with E-state index in [-0.39, 0.29) is 18.4 Å². The van der Waals surface area contributed by atoms with Gasteiger partial charge in [0.05, 0.1) is 0 Å². The van der Waals surface area contributed by atoms with E-state index in [4.69, 9.17) is 5.73 Å². The molecule has 3 N–H and O–H groups in total. The van der Waals surface area contributed by atoms with Crippen LogP contribution in [0, 0.1) is 5.92 Å². The lowest BCUT2D eigenvalue weighted by Crippen LogP contribution is -2.36. The molecule has 1 fully saturated rings. The minimum Gasteiger partial charge on any atom is -0.327 e. The van der Waals surface area contributed by atoms with E-state index in [0.29, 0.717) is 19.4 Å². The highest BCUT2D eigenvalue weighted by Crippen LogP contribution is 2.31. The molecule has 0 bridgehead atoms. The number of nitrogens with two attached hydrogens (primary N) is 1. The first-order chi connectivity index (χ1) is 6.61. The van der Waals surface area contributed by atoms with Gasteiger partial charge in [-0.1, -0.05) is 0 Å². The quantitative estimate of drug-likeness (QED) is 0.729. The molecule has 0 radical (unpaired) electrons. The molecule has 2 nitrogen and oxygen atoms in total. The summed E-state index contributed by atoms with van der Waals surface area (Å²) in [5.41, 5.74) is 5.80. The van der Waals surface area contributed by atoms with Crippen LogP contribution in [0.25, 0.3) is 0 Å². The van der Waals surface area contributed by atoms with Gasteiger partial charge in [0.15, 0.2) is 0 Å². The molecule has 3 unspecified atom stereocenters. The lowest BCUT2D eigenvalue weighted by molar-refractivity contribution is 0.109. The van der Waals surface area contributed by atoms with Crippen molar-refractivity contribution in [2.75, 3.05) is 13.6 Å². The van der Waals surface area contributed by atoms with Gasteiger partial charge in [0.1, 0.15) is 12.3 Å². The molecule has 0 aromatic heterocycles. The largest absolute Gasteiger partial charge is 0.327 e. The molecule has 1 aliphatic carbocycles. The topological polar surface area (TPSA) is 38.0 Å². The van der Waals surface area contributed by atoms with Gasteiger partial charge in [0, 0.05) is 19.0 Å². The number of alkyl halides is 2. The van der Waals surface area contributed by atoms with Crippen molar-refractivity contribution in [2.24, 2.45) is 11.7 Å². The van der Waals surface area contributed by atoms with Gasteiger partial charge < -0.3 is 11.1 Å². The van der Waals surface area contributed by atoms with Crippen LogP contribution in [0.3, 0.4) is 0 Å². The standard InChI is InChI=1S/C10H20F2N2/c1-14-6-10(13)4-7-2-8(11)5-9(12)3-7/h7-10,14H,2-6,13H2,1H3. The minimum atomic E-state index is -0.967. The molecule has 0 aliphatic heterocycles. The first-order valence-corrected chi connectivity index (χ1v) is 5.30. The summed E-state index contributed by atoms with van der Waals surface area (Å²) >= 11 is 0. The Labute approximate surface area is 84.2 Å². The van der Waals surface area contributed by atoms with E-state index in [0.717, 1.165) is 6.42 Å². The molecule has 3 atom stereocenters. The number of nitrogens with one attached hydrogen (secondary N) is 1. The molecular weight excluding hydrogens is 186 g/mol. The summed E-state index contributed by atoms with van der Waals surface area (Å²) < 4.78 is 26.0. The zero-order valence-electron chi connectivity index (χ0n) is 8.68. The Morgan fingerprint density at radius 3 is 2.36 bits per heavy atom. The van der Waals surface area contributed by atoms with Crippen molar-refractivity contribution < 1.29 is 8.78 Å². The predicted molar refractivity (Wildman–Crippen MR) is 53.7 cm³/mol. The summed E-state index contributed by atoms with van der Waals surface area (Å²) in [7, 11) is 1.83. The first-order valence-electron chi connectivity index (χ1n) is 5.30.